The second-order valence-electron chi connectivity index (χ2n) is 6.08. The van der Waals surface area contributed by atoms with Gasteiger partial charge in [-0.05, 0) is 39.1 Å². The molecule has 2 heterocycles. The highest BCUT2D eigenvalue weighted by Gasteiger charge is 2.14. The summed E-state index contributed by atoms with van der Waals surface area (Å²) in [4.78, 5) is 0. The summed E-state index contributed by atoms with van der Waals surface area (Å²) >= 11 is 0. The molecule has 0 N–H and O–H groups in total. The van der Waals surface area contributed by atoms with Gasteiger partial charge in [0.15, 0.2) is 11.6 Å². The Hall–Kier alpha value is -4.20. The minimum Gasteiger partial charge on any atom is -0.193 e. The van der Waals surface area contributed by atoms with Crippen LogP contribution in [0, 0.1) is 0 Å². The number of benzene rings is 3. The largest absolute Gasteiger partial charge is 0.193 e. The number of hydrogen-bond acceptors (Lipinski definition) is 6. The molecule has 0 radical (unpaired) electrons. The van der Waals surface area contributed by atoms with Gasteiger partial charge in [0.2, 0.25) is 0 Å². The molecule has 0 spiro atoms. The second kappa shape index (κ2) is 6.84. The molecule has 0 unspecified atom stereocenters. The zero-order valence-electron chi connectivity index (χ0n) is 14.7. The van der Waals surface area contributed by atoms with Crippen LogP contribution in [0.1, 0.15) is 0 Å². The molecule has 8 nitrogen and oxygen atoms in total. The van der Waals surface area contributed by atoms with E-state index >= 15 is 0 Å². The summed E-state index contributed by atoms with van der Waals surface area (Å²) in [5, 5.41) is 24.4. The van der Waals surface area contributed by atoms with Crippen LogP contribution in [-0.2, 0) is 0 Å². The Morgan fingerprint density at radius 3 is 1.43 bits per heavy atom. The maximum Gasteiger partial charge on any atom is 0.187 e. The predicted octanol–water partition coefficient (Wildman–Crippen LogP) is 2.97. The van der Waals surface area contributed by atoms with Gasteiger partial charge < -0.3 is 0 Å². The van der Waals surface area contributed by atoms with Gasteiger partial charge in [0.1, 0.15) is 0 Å². The van der Waals surface area contributed by atoms with Crippen molar-refractivity contribution in [3.63, 3.8) is 0 Å². The SMILES string of the molecule is c1ccc(-c2nnnn2-c2cccc(-n3nnnc3-c3ccccc3)c2)cc1. The van der Waals surface area contributed by atoms with Crippen LogP contribution in [0.25, 0.3) is 34.2 Å². The minimum absolute atomic E-state index is 0.665. The lowest BCUT2D eigenvalue weighted by Gasteiger charge is -2.08. The molecular formula is C20H14N8. The first kappa shape index (κ1) is 16.0. The molecule has 28 heavy (non-hydrogen) atoms. The van der Waals surface area contributed by atoms with Crippen molar-refractivity contribution >= 4 is 0 Å². The highest BCUT2D eigenvalue weighted by molar-refractivity contribution is 5.60. The van der Waals surface area contributed by atoms with E-state index in [1.54, 1.807) is 9.36 Å². The molecule has 0 fully saturated rings. The fourth-order valence-corrected chi connectivity index (χ4v) is 3.01. The van der Waals surface area contributed by atoms with E-state index in [-0.39, 0.29) is 0 Å². The fourth-order valence-electron chi connectivity index (χ4n) is 3.01. The van der Waals surface area contributed by atoms with Crippen LogP contribution in [0.4, 0.5) is 0 Å². The normalized spacial score (nSPS) is 10.9. The minimum atomic E-state index is 0.665. The second-order valence-corrected chi connectivity index (χ2v) is 6.08. The van der Waals surface area contributed by atoms with Gasteiger partial charge in [0, 0.05) is 11.1 Å². The number of rotatable bonds is 4. The zero-order valence-corrected chi connectivity index (χ0v) is 14.7. The van der Waals surface area contributed by atoms with Crippen LogP contribution in [0.5, 0.6) is 0 Å². The first-order chi connectivity index (χ1) is 13.9. The maximum absolute atomic E-state index is 4.18. The summed E-state index contributed by atoms with van der Waals surface area (Å²) < 4.78 is 3.40. The standard InChI is InChI=1S/C20H14N8/c1-3-8-15(9-4-1)19-21-23-25-27(19)17-12-7-13-18(14-17)28-20(22-24-26-28)16-10-5-2-6-11-16/h1-14H. The van der Waals surface area contributed by atoms with Gasteiger partial charge in [0.05, 0.1) is 11.4 Å². The van der Waals surface area contributed by atoms with Gasteiger partial charge in [-0.1, -0.05) is 66.7 Å². The molecule has 0 aliphatic rings. The maximum atomic E-state index is 4.18. The molecule has 5 rings (SSSR count). The van der Waals surface area contributed by atoms with Crippen molar-refractivity contribution in [1.29, 1.82) is 0 Å². The van der Waals surface area contributed by atoms with Gasteiger partial charge in [-0.15, -0.1) is 10.2 Å². The van der Waals surface area contributed by atoms with Gasteiger partial charge in [-0.25, -0.2) is 0 Å². The Labute approximate surface area is 160 Å². The predicted molar refractivity (Wildman–Crippen MR) is 103 cm³/mol. The van der Waals surface area contributed by atoms with Crippen molar-refractivity contribution in [2.24, 2.45) is 0 Å². The Kier molecular flexibility index (Phi) is 3.91. The Morgan fingerprint density at radius 1 is 0.500 bits per heavy atom. The average Bonchev–Trinajstić information content (AvgIpc) is 3.45. The van der Waals surface area contributed by atoms with Crippen molar-refractivity contribution in [3.05, 3.63) is 84.9 Å². The van der Waals surface area contributed by atoms with Gasteiger partial charge in [-0.2, -0.15) is 9.36 Å². The molecular weight excluding hydrogens is 352 g/mol. The van der Waals surface area contributed by atoms with Crippen molar-refractivity contribution < 1.29 is 0 Å². The van der Waals surface area contributed by atoms with E-state index in [4.69, 9.17) is 0 Å². The van der Waals surface area contributed by atoms with E-state index in [1.807, 2.05) is 84.9 Å². The van der Waals surface area contributed by atoms with Crippen LogP contribution in [0.3, 0.4) is 0 Å². The van der Waals surface area contributed by atoms with Gasteiger partial charge in [0.25, 0.3) is 0 Å². The van der Waals surface area contributed by atoms with E-state index in [1.165, 1.54) is 0 Å². The highest BCUT2D eigenvalue weighted by Crippen LogP contribution is 2.23. The summed E-state index contributed by atoms with van der Waals surface area (Å²) in [5.74, 6) is 1.33. The van der Waals surface area contributed by atoms with Crippen molar-refractivity contribution in [3.8, 4) is 34.2 Å². The number of nitrogens with zero attached hydrogens (tertiary/aromatic N) is 8. The van der Waals surface area contributed by atoms with Crippen LogP contribution < -0.4 is 0 Å². The van der Waals surface area contributed by atoms with Crippen LogP contribution in [0.15, 0.2) is 84.9 Å². The number of aromatic nitrogens is 8. The van der Waals surface area contributed by atoms with Gasteiger partial charge in [-0.3, -0.25) is 0 Å². The lowest BCUT2D eigenvalue weighted by atomic mass is 10.2. The molecule has 8 heteroatoms. The molecule has 0 atom stereocenters. The molecule has 0 saturated heterocycles. The quantitative estimate of drug-likeness (QED) is 0.486. The molecule has 2 aromatic heterocycles. The zero-order chi connectivity index (χ0) is 18.8. The molecule has 0 aliphatic carbocycles. The lowest BCUT2D eigenvalue weighted by molar-refractivity contribution is 0.777. The van der Waals surface area contributed by atoms with Crippen LogP contribution in [-0.4, -0.2) is 40.4 Å². The summed E-state index contributed by atoms with van der Waals surface area (Å²) in [7, 11) is 0. The third-order valence-electron chi connectivity index (χ3n) is 4.32. The third-order valence-corrected chi connectivity index (χ3v) is 4.32. The summed E-state index contributed by atoms with van der Waals surface area (Å²) in [5.41, 5.74) is 3.50. The summed E-state index contributed by atoms with van der Waals surface area (Å²) in [6, 6.07) is 27.4. The average molecular weight is 366 g/mol. The van der Waals surface area contributed by atoms with E-state index in [0.717, 1.165) is 22.5 Å². The van der Waals surface area contributed by atoms with E-state index in [2.05, 4.69) is 31.1 Å². The smallest absolute Gasteiger partial charge is 0.187 e. The molecule has 0 saturated carbocycles. The Bertz CT molecular complexity index is 1120. The molecule has 5 aromatic rings. The van der Waals surface area contributed by atoms with Crippen molar-refractivity contribution in [2.75, 3.05) is 0 Å². The molecule has 3 aromatic carbocycles. The van der Waals surface area contributed by atoms with E-state index in [0.29, 0.717) is 11.6 Å². The lowest BCUT2D eigenvalue weighted by Crippen LogP contribution is -2.04. The van der Waals surface area contributed by atoms with Crippen molar-refractivity contribution in [1.82, 2.24) is 40.4 Å². The Morgan fingerprint density at radius 2 is 0.964 bits per heavy atom. The summed E-state index contributed by atoms with van der Waals surface area (Å²) in [6.45, 7) is 0. The number of hydrogen-bond donors (Lipinski definition) is 0. The Balaban J connectivity index is 1.59. The molecule has 134 valence electrons. The molecule has 0 amide bonds. The third kappa shape index (κ3) is 2.82. The first-order valence-electron chi connectivity index (χ1n) is 8.68. The van der Waals surface area contributed by atoms with Crippen LogP contribution in [0.2, 0.25) is 0 Å². The van der Waals surface area contributed by atoms with Crippen LogP contribution >= 0.6 is 0 Å². The number of tetrazole rings is 2. The highest BCUT2D eigenvalue weighted by atomic mass is 15.6. The monoisotopic (exact) mass is 366 g/mol. The van der Waals surface area contributed by atoms with Crippen molar-refractivity contribution in [2.45, 2.75) is 0 Å². The first-order valence-corrected chi connectivity index (χ1v) is 8.68. The molecule has 0 bridgehead atoms. The van der Waals surface area contributed by atoms with E-state index in [9.17, 15) is 0 Å². The summed E-state index contributed by atoms with van der Waals surface area (Å²) in [6.07, 6.45) is 0. The fraction of sp³-hybridized carbons (Fsp3) is 0. The molecule has 0 aliphatic heterocycles. The van der Waals surface area contributed by atoms with Gasteiger partial charge >= 0.3 is 0 Å². The topological polar surface area (TPSA) is 87.2 Å². The van der Waals surface area contributed by atoms with E-state index < -0.39 is 0 Å².